The summed E-state index contributed by atoms with van der Waals surface area (Å²) in [6.45, 7) is 0.563. The van der Waals surface area contributed by atoms with E-state index in [-0.39, 0.29) is 6.10 Å². The van der Waals surface area contributed by atoms with Gasteiger partial charge >= 0.3 is 5.97 Å². The minimum absolute atomic E-state index is 0.116. The molecular weight excluding hydrogens is 232 g/mol. The standard InChI is InChI=1S/C13H18N2O3/c1-15-8-9(7-14-15)6-13(12(16)17)4-5-18-11(13)10-2-3-10/h7-8,10-11H,2-6H2,1H3,(H,16,17). The molecule has 1 aliphatic heterocycles. The average Bonchev–Trinajstić information content (AvgIpc) is 2.95. The highest BCUT2D eigenvalue weighted by Crippen LogP contribution is 2.49. The van der Waals surface area contributed by atoms with E-state index in [1.165, 1.54) is 0 Å². The molecule has 1 aliphatic carbocycles. The van der Waals surface area contributed by atoms with Crippen LogP contribution in [0.3, 0.4) is 0 Å². The molecule has 0 bridgehead atoms. The summed E-state index contributed by atoms with van der Waals surface area (Å²) >= 11 is 0. The monoisotopic (exact) mass is 250 g/mol. The fraction of sp³-hybridized carbons (Fsp3) is 0.692. The minimum atomic E-state index is -0.746. The molecular formula is C13H18N2O3. The summed E-state index contributed by atoms with van der Waals surface area (Å²) in [6, 6.07) is 0. The molecule has 3 rings (SSSR count). The van der Waals surface area contributed by atoms with Crippen LogP contribution in [0.1, 0.15) is 24.8 Å². The van der Waals surface area contributed by atoms with Gasteiger partial charge in [0, 0.05) is 19.9 Å². The Balaban J connectivity index is 1.88. The fourth-order valence-corrected chi connectivity index (χ4v) is 3.08. The second-order valence-electron chi connectivity index (χ2n) is 5.54. The van der Waals surface area contributed by atoms with Crippen LogP contribution in [0.25, 0.3) is 0 Å². The zero-order valence-corrected chi connectivity index (χ0v) is 10.5. The number of hydrogen-bond acceptors (Lipinski definition) is 3. The van der Waals surface area contributed by atoms with Gasteiger partial charge < -0.3 is 9.84 Å². The molecule has 2 unspecified atom stereocenters. The zero-order valence-electron chi connectivity index (χ0n) is 10.5. The Labute approximate surface area is 106 Å². The summed E-state index contributed by atoms with van der Waals surface area (Å²) in [5.41, 5.74) is 0.237. The van der Waals surface area contributed by atoms with Gasteiger partial charge in [0.2, 0.25) is 0 Å². The first-order valence-corrected chi connectivity index (χ1v) is 6.44. The number of nitrogens with zero attached hydrogens (tertiary/aromatic N) is 2. The van der Waals surface area contributed by atoms with Crippen LogP contribution in [-0.2, 0) is 23.0 Å². The predicted octanol–water partition coefficient (Wildman–Crippen LogP) is 1.23. The second kappa shape index (κ2) is 4.09. The Kier molecular flexibility index (Phi) is 2.66. The lowest BCUT2D eigenvalue weighted by Crippen LogP contribution is -2.42. The lowest BCUT2D eigenvalue weighted by Gasteiger charge is -2.29. The van der Waals surface area contributed by atoms with Crippen molar-refractivity contribution in [3.8, 4) is 0 Å². The maximum absolute atomic E-state index is 11.8. The topological polar surface area (TPSA) is 64.4 Å². The zero-order chi connectivity index (χ0) is 12.8. The summed E-state index contributed by atoms with van der Waals surface area (Å²) in [5.74, 6) is -0.277. The van der Waals surface area contributed by atoms with Crippen LogP contribution in [-0.4, -0.2) is 33.6 Å². The highest BCUT2D eigenvalue weighted by Gasteiger charge is 2.55. The molecule has 1 saturated heterocycles. The third-order valence-electron chi connectivity index (χ3n) is 4.14. The fourth-order valence-electron chi connectivity index (χ4n) is 3.08. The van der Waals surface area contributed by atoms with Crippen molar-refractivity contribution in [2.45, 2.75) is 31.8 Å². The third kappa shape index (κ3) is 1.82. The quantitative estimate of drug-likeness (QED) is 0.873. The Bertz CT molecular complexity index is 467. The van der Waals surface area contributed by atoms with E-state index in [1.807, 2.05) is 13.2 Å². The Morgan fingerprint density at radius 2 is 2.44 bits per heavy atom. The van der Waals surface area contributed by atoms with Crippen LogP contribution >= 0.6 is 0 Å². The normalized spacial score (nSPS) is 31.7. The van der Waals surface area contributed by atoms with E-state index in [4.69, 9.17) is 4.74 Å². The van der Waals surface area contributed by atoms with Crippen LogP contribution in [0, 0.1) is 11.3 Å². The first-order valence-electron chi connectivity index (χ1n) is 6.44. The Hall–Kier alpha value is -1.36. The SMILES string of the molecule is Cn1cc(CC2(C(=O)O)CCOC2C2CC2)cn1. The molecule has 5 heteroatoms. The molecule has 0 radical (unpaired) electrons. The largest absolute Gasteiger partial charge is 0.481 e. The van der Waals surface area contributed by atoms with Gasteiger partial charge in [-0.05, 0) is 37.2 Å². The number of carboxylic acids is 1. The van der Waals surface area contributed by atoms with Gasteiger partial charge in [-0.3, -0.25) is 9.48 Å². The molecule has 98 valence electrons. The van der Waals surface area contributed by atoms with E-state index >= 15 is 0 Å². The van der Waals surface area contributed by atoms with E-state index in [0.717, 1.165) is 18.4 Å². The summed E-state index contributed by atoms with van der Waals surface area (Å²) in [7, 11) is 1.85. The number of carboxylic acid groups (broad SMARTS) is 1. The van der Waals surface area contributed by atoms with Crippen molar-refractivity contribution >= 4 is 5.97 Å². The van der Waals surface area contributed by atoms with Gasteiger partial charge in [-0.15, -0.1) is 0 Å². The van der Waals surface area contributed by atoms with Crippen LogP contribution in [0.5, 0.6) is 0 Å². The molecule has 1 saturated carbocycles. The van der Waals surface area contributed by atoms with Crippen molar-refractivity contribution < 1.29 is 14.6 Å². The number of rotatable bonds is 4. The lowest BCUT2D eigenvalue weighted by atomic mass is 9.74. The smallest absolute Gasteiger partial charge is 0.312 e. The maximum atomic E-state index is 11.8. The molecule has 2 fully saturated rings. The van der Waals surface area contributed by atoms with E-state index in [0.29, 0.717) is 25.4 Å². The van der Waals surface area contributed by atoms with Gasteiger partial charge in [0.1, 0.15) is 5.41 Å². The molecule has 0 spiro atoms. The van der Waals surface area contributed by atoms with Crippen molar-refractivity contribution in [2.75, 3.05) is 6.61 Å². The van der Waals surface area contributed by atoms with Gasteiger partial charge in [-0.25, -0.2) is 0 Å². The Morgan fingerprint density at radius 1 is 1.67 bits per heavy atom. The van der Waals surface area contributed by atoms with Gasteiger partial charge in [-0.2, -0.15) is 5.10 Å². The molecule has 2 aliphatic rings. The second-order valence-corrected chi connectivity index (χ2v) is 5.54. The van der Waals surface area contributed by atoms with Crippen molar-refractivity contribution in [1.82, 2.24) is 9.78 Å². The first-order chi connectivity index (χ1) is 8.62. The van der Waals surface area contributed by atoms with Crippen molar-refractivity contribution in [2.24, 2.45) is 18.4 Å². The maximum Gasteiger partial charge on any atom is 0.312 e. The number of aryl methyl sites for hydroxylation is 1. The summed E-state index contributed by atoms with van der Waals surface area (Å²) < 4.78 is 7.44. The number of carbonyl (C=O) groups is 1. The molecule has 2 heterocycles. The van der Waals surface area contributed by atoms with Crippen molar-refractivity contribution in [1.29, 1.82) is 0 Å². The molecule has 2 atom stereocenters. The number of aromatic nitrogens is 2. The van der Waals surface area contributed by atoms with Crippen LogP contribution in [0.15, 0.2) is 12.4 Å². The molecule has 18 heavy (non-hydrogen) atoms. The highest BCUT2D eigenvalue weighted by molar-refractivity contribution is 5.76. The number of aliphatic carboxylic acids is 1. The molecule has 1 N–H and O–H groups in total. The van der Waals surface area contributed by atoms with Gasteiger partial charge in [0.15, 0.2) is 0 Å². The van der Waals surface area contributed by atoms with Gasteiger partial charge in [0.25, 0.3) is 0 Å². The van der Waals surface area contributed by atoms with E-state index in [9.17, 15) is 9.90 Å². The van der Waals surface area contributed by atoms with Crippen LogP contribution < -0.4 is 0 Å². The minimum Gasteiger partial charge on any atom is -0.481 e. The first kappa shape index (κ1) is 11.7. The highest BCUT2D eigenvalue weighted by atomic mass is 16.5. The van der Waals surface area contributed by atoms with E-state index in [2.05, 4.69) is 5.10 Å². The third-order valence-corrected chi connectivity index (χ3v) is 4.14. The molecule has 1 aromatic rings. The average molecular weight is 250 g/mol. The predicted molar refractivity (Wildman–Crippen MR) is 64.1 cm³/mol. The van der Waals surface area contributed by atoms with Crippen LogP contribution in [0.4, 0.5) is 0 Å². The van der Waals surface area contributed by atoms with E-state index < -0.39 is 11.4 Å². The van der Waals surface area contributed by atoms with E-state index in [1.54, 1.807) is 10.9 Å². The molecule has 0 aromatic carbocycles. The summed E-state index contributed by atoms with van der Waals surface area (Å²) in [5, 5.41) is 13.8. The van der Waals surface area contributed by atoms with Crippen molar-refractivity contribution in [3.05, 3.63) is 18.0 Å². The molecule has 5 nitrogen and oxygen atoms in total. The molecule has 1 aromatic heterocycles. The van der Waals surface area contributed by atoms with Crippen molar-refractivity contribution in [3.63, 3.8) is 0 Å². The van der Waals surface area contributed by atoms with Crippen LogP contribution in [0.2, 0.25) is 0 Å². The summed E-state index contributed by atoms with van der Waals surface area (Å²) in [4.78, 5) is 11.8. The number of hydrogen-bond donors (Lipinski definition) is 1. The number of ether oxygens (including phenoxy) is 1. The van der Waals surface area contributed by atoms with Gasteiger partial charge in [-0.1, -0.05) is 0 Å². The Morgan fingerprint density at radius 3 is 3.00 bits per heavy atom. The molecule has 0 amide bonds. The lowest BCUT2D eigenvalue weighted by molar-refractivity contribution is -0.153. The van der Waals surface area contributed by atoms with Gasteiger partial charge in [0.05, 0.1) is 12.3 Å². The summed E-state index contributed by atoms with van der Waals surface area (Å²) in [6.07, 6.45) is 6.88.